The van der Waals surface area contributed by atoms with Crippen molar-refractivity contribution in [1.82, 2.24) is 0 Å². The second-order valence-corrected chi connectivity index (χ2v) is 6.72. The van der Waals surface area contributed by atoms with Gasteiger partial charge in [0.1, 0.15) is 0 Å². The van der Waals surface area contributed by atoms with E-state index < -0.39 is 0 Å². The standard InChI is InChI=1S/C22H24O3/c23-21(16-25-22(24)15-10-17-6-4-5-7-17)20-13-11-19(12-14-20)18-8-2-1-3-9-18/h1-3,8-9,11-14,17H,4-7,10,15-16H2. The fourth-order valence-corrected chi connectivity index (χ4v) is 3.40. The molecule has 0 N–H and O–H groups in total. The van der Waals surface area contributed by atoms with E-state index in [2.05, 4.69) is 0 Å². The molecule has 0 bridgehead atoms. The molecule has 0 spiro atoms. The Kier molecular flexibility index (Phi) is 5.99. The molecule has 1 aliphatic carbocycles. The van der Waals surface area contributed by atoms with Crippen molar-refractivity contribution < 1.29 is 14.3 Å². The summed E-state index contributed by atoms with van der Waals surface area (Å²) in [6, 6.07) is 17.4. The maximum Gasteiger partial charge on any atom is 0.306 e. The van der Waals surface area contributed by atoms with Crippen LogP contribution >= 0.6 is 0 Å². The van der Waals surface area contributed by atoms with Crippen LogP contribution in [0.2, 0.25) is 0 Å². The van der Waals surface area contributed by atoms with Gasteiger partial charge in [-0.1, -0.05) is 80.3 Å². The Morgan fingerprint density at radius 3 is 2.20 bits per heavy atom. The molecule has 3 heteroatoms. The number of esters is 1. The zero-order valence-electron chi connectivity index (χ0n) is 14.4. The van der Waals surface area contributed by atoms with Gasteiger partial charge in [0, 0.05) is 12.0 Å². The molecule has 1 saturated carbocycles. The molecule has 0 aromatic heterocycles. The second kappa shape index (κ2) is 8.61. The SMILES string of the molecule is O=C(CCC1CCCC1)OCC(=O)c1ccc(-c2ccccc2)cc1. The first kappa shape index (κ1) is 17.4. The van der Waals surface area contributed by atoms with Gasteiger partial charge in [-0.05, 0) is 23.5 Å². The monoisotopic (exact) mass is 336 g/mol. The predicted molar refractivity (Wildman–Crippen MR) is 98.4 cm³/mol. The molecular weight excluding hydrogens is 312 g/mol. The summed E-state index contributed by atoms with van der Waals surface area (Å²) >= 11 is 0. The minimum atomic E-state index is -0.263. The number of benzene rings is 2. The summed E-state index contributed by atoms with van der Waals surface area (Å²) in [5.74, 6) is 0.240. The van der Waals surface area contributed by atoms with Crippen molar-refractivity contribution >= 4 is 11.8 Å². The molecule has 3 nitrogen and oxygen atoms in total. The summed E-state index contributed by atoms with van der Waals surface area (Å²) < 4.78 is 5.14. The summed E-state index contributed by atoms with van der Waals surface area (Å²) in [7, 11) is 0. The number of rotatable bonds is 7. The Balaban J connectivity index is 1.47. The summed E-state index contributed by atoms with van der Waals surface area (Å²) in [5.41, 5.74) is 2.74. The lowest BCUT2D eigenvalue weighted by Gasteiger charge is -2.08. The van der Waals surface area contributed by atoms with Crippen LogP contribution in [0, 0.1) is 5.92 Å². The highest BCUT2D eigenvalue weighted by atomic mass is 16.5. The molecule has 0 atom stereocenters. The first-order valence-electron chi connectivity index (χ1n) is 9.06. The first-order chi connectivity index (χ1) is 12.2. The fraction of sp³-hybridized carbons (Fsp3) is 0.364. The van der Waals surface area contributed by atoms with Crippen molar-refractivity contribution in [2.24, 2.45) is 5.92 Å². The third-order valence-electron chi connectivity index (χ3n) is 4.91. The smallest absolute Gasteiger partial charge is 0.306 e. The lowest BCUT2D eigenvalue weighted by atomic mass is 10.0. The number of hydrogen-bond acceptors (Lipinski definition) is 3. The largest absolute Gasteiger partial charge is 0.457 e. The van der Waals surface area contributed by atoms with Crippen molar-refractivity contribution in [2.75, 3.05) is 6.61 Å². The van der Waals surface area contributed by atoms with Gasteiger partial charge in [-0.15, -0.1) is 0 Å². The third kappa shape index (κ3) is 5.02. The van der Waals surface area contributed by atoms with Crippen LogP contribution in [0.25, 0.3) is 11.1 Å². The number of carbonyl (C=O) groups is 2. The average molecular weight is 336 g/mol. The Morgan fingerprint density at radius 1 is 0.880 bits per heavy atom. The second-order valence-electron chi connectivity index (χ2n) is 6.72. The lowest BCUT2D eigenvalue weighted by Crippen LogP contribution is -2.14. The summed E-state index contributed by atoms with van der Waals surface area (Å²) in [6.45, 7) is -0.172. The van der Waals surface area contributed by atoms with E-state index in [-0.39, 0.29) is 18.4 Å². The Bertz CT molecular complexity index is 698. The van der Waals surface area contributed by atoms with Crippen molar-refractivity contribution in [2.45, 2.75) is 38.5 Å². The highest BCUT2D eigenvalue weighted by Gasteiger charge is 2.17. The maximum atomic E-state index is 12.2. The Morgan fingerprint density at radius 2 is 1.52 bits per heavy atom. The van der Waals surface area contributed by atoms with Crippen molar-refractivity contribution in [3.8, 4) is 11.1 Å². The van der Waals surface area contributed by atoms with Gasteiger partial charge in [0.25, 0.3) is 0 Å². The third-order valence-corrected chi connectivity index (χ3v) is 4.91. The maximum absolute atomic E-state index is 12.2. The van der Waals surface area contributed by atoms with Gasteiger partial charge < -0.3 is 4.74 Å². The van der Waals surface area contributed by atoms with Crippen molar-refractivity contribution in [3.05, 3.63) is 60.2 Å². The van der Waals surface area contributed by atoms with Gasteiger partial charge >= 0.3 is 5.97 Å². The van der Waals surface area contributed by atoms with Crippen molar-refractivity contribution in [3.63, 3.8) is 0 Å². The average Bonchev–Trinajstić information content (AvgIpc) is 3.19. The zero-order chi connectivity index (χ0) is 17.5. The van der Waals surface area contributed by atoms with Crippen LogP contribution in [0.3, 0.4) is 0 Å². The van der Waals surface area contributed by atoms with Gasteiger partial charge in [-0.2, -0.15) is 0 Å². The van der Waals surface area contributed by atoms with Crippen LogP contribution in [0.5, 0.6) is 0 Å². The number of ether oxygens (including phenoxy) is 1. The molecule has 1 fully saturated rings. The van der Waals surface area contributed by atoms with E-state index in [1.807, 2.05) is 42.5 Å². The predicted octanol–water partition coefficient (Wildman–Crippen LogP) is 5.05. The van der Waals surface area contributed by atoms with Gasteiger partial charge in [0.15, 0.2) is 12.4 Å². The molecule has 0 unspecified atom stereocenters. The topological polar surface area (TPSA) is 43.4 Å². The molecule has 1 aliphatic rings. The highest BCUT2D eigenvalue weighted by molar-refractivity contribution is 5.98. The zero-order valence-corrected chi connectivity index (χ0v) is 14.4. The van der Waals surface area contributed by atoms with E-state index >= 15 is 0 Å². The van der Waals surface area contributed by atoms with E-state index in [4.69, 9.17) is 4.74 Å². The van der Waals surface area contributed by atoms with Crippen LogP contribution in [0.15, 0.2) is 54.6 Å². The Hall–Kier alpha value is -2.42. The molecule has 25 heavy (non-hydrogen) atoms. The number of hydrogen-bond donors (Lipinski definition) is 0. The van der Waals surface area contributed by atoms with Gasteiger partial charge in [-0.25, -0.2) is 0 Å². The van der Waals surface area contributed by atoms with E-state index in [0.717, 1.165) is 17.5 Å². The van der Waals surface area contributed by atoms with Crippen molar-refractivity contribution in [1.29, 1.82) is 0 Å². The fourth-order valence-electron chi connectivity index (χ4n) is 3.40. The number of Topliss-reactive ketones (excluding diaryl/α,β-unsaturated/α-hetero) is 1. The summed E-state index contributed by atoms with van der Waals surface area (Å²) in [4.78, 5) is 24.0. The van der Waals surface area contributed by atoms with Crippen LogP contribution in [-0.2, 0) is 9.53 Å². The minimum absolute atomic E-state index is 0.158. The molecule has 0 aliphatic heterocycles. The highest BCUT2D eigenvalue weighted by Crippen LogP contribution is 2.28. The molecule has 2 aromatic carbocycles. The minimum Gasteiger partial charge on any atom is -0.457 e. The molecule has 2 aromatic rings. The van der Waals surface area contributed by atoms with Crippen LogP contribution in [0.4, 0.5) is 0 Å². The van der Waals surface area contributed by atoms with Crippen LogP contribution < -0.4 is 0 Å². The number of carbonyl (C=O) groups excluding carboxylic acids is 2. The summed E-state index contributed by atoms with van der Waals surface area (Å²) in [6.07, 6.45) is 6.30. The van der Waals surface area contributed by atoms with E-state index in [9.17, 15) is 9.59 Å². The molecule has 0 heterocycles. The van der Waals surface area contributed by atoms with Gasteiger partial charge in [0.2, 0.25) is 0 Å². The molecular formula is C22H24O3. The molecule has 130 valence electrons. The van der Waals surface area contributed by atoms with Crippen LogP contribution in [-0.4, -0.2) is 18.4 Å². The molecule has 3 rings (SSSR count). The van der Waals surface area contributed by atoms with E-state index in [1.165, 1.54) is 25.7 Å². The lowest BCUT2D eigenvalue weighted by molar-refractivity contribution is -0.142. The first-order valence-corrected chi connectivity index (χ1v) is 9.06. The van der Waals surface area contributed by atoms with Crippen LogP contribution in [0.1, 0.15) is 48.9 Å². The van der Waals surface area contributed by atoms with E-state index in [0.29, 0.717) is 17.9 Å². The van der Waals surface area contributed by atoms with Gasteiger partial charge in [0.05, 0.1) is 0 Å². The molecule has 0 amide bonds. The molecule has 0 saturated heterocycles. The molecule has 0 radical (unpaired) electrons. The van der Waals surface area contributed by atoms with E-state index in [1.54, 1.807) is 12.1 Å². The van der Waals surface area contributed by atoms with Gasteiger partial charge in [-0.3, -0.25) is 9.59 Å². The quantitative estimate of drug-likeness (QED) is 0.525. The summed E-state index contributed by atoms with van der Waals surface area (Å²) in [5, 5.41) is 0. The Labute approximate surface area is 149 Å². The number of ketones is 1. The normalized spacial score (nSPS) is 14.4.